The summed E-state index contributed by atoms with van der Waals surface area (Å²) in [4.78, 5) is 37.9. The molecule has 6 nitrogen and oxygen atoms in total. The summed E-state index contributed by atoms with van der Waals surface area (Å²) in [6, 6.07) is 6.57. The highest BCUT2D eigenvalue weighted by molar-refractivity contribution is 5.88. The van der Waals surface area contributed by atoms with Crippen LogP contribution in [0.5, 0.6) is 5.75 Å². The van der Waals surface area contributed by atoms with Crippen LogP contribution in [0.2, 0.25) is 0 Å². The molecular weight excluding hydrogens is 418 g/mol. The number of fused-ring (bicyclic) bond motifs is 2. The molecule has 4 saturated carbocycles. The Morgan fingerprint density at radius 1 is 0.879 bits per heavy atom. The lowest BCUT2D eigenvalue weighted by molar-refractivity contribution is -0.147. The molecule has 4 aliphatic carbocycles. The smallest absolute Gasteiger partial charge is 0.328 e. The van der Waals surface area contributed by atoms with Crippen molar-refractivity contribution in [3.63, 3.8) is 0 Å². The van der Waals surface area contributed by atoms with Gasteiger partial charge >= 0.3 is 11.9 Å². The Bertz CT molecular complexity index is 872. The van der Waals surface area contributed by atoms with Crippen LogP contribution in [0.4, 0.5) is 0 Å². The summed E-state index contributed by atoms with van der Waals surface area (Å²) >= 11 is 0. The zero-order valence-corrected chi connectivity index (χ0v) is 19.5. The number of nitrogens with one attached hydrogen (secondary N) is 1. The number of ether oxygens (including phenoxy) is 2. The number of rotatable bonds is 8. The van der Waals surface area contributed by atoms with Crippen molar-refractivity contribution in [3.05, 3.63) is 29.8 Å². The summed E-state index contributed by atoms with van der Waals surface area (Å²) in [5, 5.41) is 2.97. The minimum absolute atomic E-state index is 0.0126. The Morgan fingerprint density at radius 3 is 1.97 bits per heavy atom. The second kappa shape index (κ2) is 9.47. The molecule has 0 spiro atoms. The maximum atomic E-state index is 12.9. The van der Waals surface area contributed by atoms with Crippen LogP contribution in [0, 0.1) is 35.5 Å². The topological polar surface area (TPSA) is 81.7 Å². The van der Waals surface area contributed by atoms with Gasteiger partial charge in [0.25, 0.3) is 0 Å². The molecule has 2 unspecified atom stereocenters. The normalized spacial score (nSPS) is 32.5. The third-order valence-electron chi connectivity index (χ3n) is 8.36. The van der Waals surface area contributed by atoms with Gasteiger partial charge in [-0.2, -0.15) is 0 Å². The number of amides is 1. The number of carbonyl (C=O) groups is 3. The molecule has 5 rings (SSSR count). The van der Waals surface area contributed by atoms with Crippen LogP contribution in [-0.4, -0.2) is 30.5 Å². The van der Waals surface area contributed by atoms with Crippen molar-refractivity contribution in [2.45, 2.75) is 70.8 Å². The largest absolute Gasteiger partial charge is 0.464 e. The fraction of sp³-hybridized carbons (Fsp3) is 0.667. The van der Waals surface area contributed by atoms with Crippen molar-refractivity contribution < 1.29 is 23.9 Å². The van der Waals surface area contributed by atoms with E-state index in [1.165, 1.54) is 25.7 Å². The zero-order valence-electron chi connectivity index (χ0n) is 19.5. The number of hydrogen-bond acceptors (Lipinski definition) is 5. The van der Waals surface area contributed by atoms with Gasteiger partial charge in [0.05, 0.1) is 12.5 Å². The molecule has 1 amide bonds. The number of carbonyl (C=O) groups excluding carboxylic acids is 3. The summed E-state index contributed by atoms with van der Waals surface area (Å²) in [6.45, 7) is 2.04. The standard InChI is InChI=1S/C27H35NO5/c1-2-32-26(30)22(28-25(29)23-18-7-3-4-8-19(18)23)15-16-11-13-17(14-12-16)33-27(31)24-20-9-5-6-10-21(20)24/h11-14,18-24H,2-10,15H2,1H3,(H,28,29)/t18-,19+,20-,21+,22-,23?,24?/m0/s1. The first-order valence-electron chi connectivity index (χ1n) is 12.8. The van der Waals surface area contributed by atoms with Crippen molar-refractivity contribution in [2.24, 2.45) is 35.5 Å². The molecule has 4 aliphatic rings. The Kier molecular flexibility index (Phi) is 6.44. The summed E-state index contributed by atoms with van der Waals surface area (Å²) < 4.78 is 10.9. The third-order valence-corrected chi connectivity index (χ3v) is 8.36. The summed E-state index contributed by atoms with van der Waals surface area (Å²) in [5.41, 5.74) is 0.890. The van der Waals surface area contributed by atoms with E-state index in [1.807, 2.05) is 12.1 Å². The highest BCUT2D eigenvalue weighted by Crippen LogP contribution is 2.56. The van der Waals surface area contributed by atoms with Crippen molar-refractivity contribution in [1.29, 1.82) is 0 Å². The Hall–Kier alpha value is -2.37. The van der Waals surface area contributed by atoms with Gasteiger partial charge in [0.2, 0.25) is 5.91 Å². The quantitative estimate of drug-likeness (QED) is 0.474. The first-order valence-corrected chi connectivity index (χ1v) is 12.8. The molecule has 0 bridgehead atoms. The lowest BCUT2D eigenvalue weighted by Crippen LogP contribution is -2.44. The number of benzene rings is 1. The van der Waals surface area contributed by atoms with Crippen molar-refractivity contribution >= 4 is 17.8 Å². The van der Waals surface area contributed by atoms with E-state index in [4.69, 9.17) is 9.47 Å². The third kappa shape index (κ3) is 4.80. The van der Waals surface area contributed by atoms with E-state index in [-0.39, 0.29) is 30.3 Å². The Balaban J connectivity index is 1.17. The number of hydrogen-bond donors (Lipinski definition) is 1. The molecule has 7 atom stereocenters. The molecule has 0 radical (unpaired) electrons. The SMILES string of the molecule is CCOC(=O)[C@H](Cc1ccc(OC(=O)C2[C@H]3CCCC[C@@H]23)cc1)NC(=O)C1[C@H]2CCCC[C@@H]12. The van der Waals surface area contributed by atoms with Crippen molar-refractivity contribution in [1.82, 2.24) is 5.32 Å². The van der Waals surface area contributed by atoms with E-state index >= 15 is 0 Å². The monoisotopic (exact) mass is 453 g/mol. The lowest BCUT2D eigenvalue weighted by atomic mass is 10.0. The van der Waals surface area contributed by atoms with Gasteiger partial charge in [0.1, 0.15) is 11.8 Å². The summed E-state index contributed by atoms with van der Waals surface area (Å²) in [6.07, 6.45) is 9.73. The second-order valence-corrected chi connectivity index (χ2v) is 10.4. The average Bonchev–Trinajstić information content (AvgIpc) is 3.72. The van der Waals surface area contributed by atoms with Crippen molar-refractivity contribution in [3.8, 4) is 5.75 Å². The van der Waals surface area contributed by atoms with Crippen LogP contribution in [0.3, 0.4) is 0 Å². The Labute approximate surface area is 195 Å². The first kappa shape index (κ1) is 22.4. The maximum Gasteiger partial charge on any atom is 0.328 e. The molecule has 0 aliphatic heterocycles. The average molecular weight is 454 g/mol. The van der Waals surface area contributed by atoms with Gasteiger partial charge in [-0.25, -0.2) is 4.79 Å². The minimum Gasteiger partial charge on any atom is -0.464 e. The molecule has 0 saturated heterocycles. The van der Waals surface area contributed by atoms with Crippen LogP contribution in [0.1, 0.15) is 63.9 Å². The minimum atomic E-state index is -0.705. The van der Waals surface area contributed by atoms with Crippen LogP contribution < -0.4 is 10.1 Å². The Morgan fingerprint density at radius 2 is 1.42 bits per heavy atom. The summed E-state index contributed by atoms with van der Waals surface area (Å²) in [7, 11) is 0. The fourth-order valence-corrected chi connectivity index (χ4v) is 6.54. The highest BCUT2D eigenvalue weighted by Gasteiger charge is 2.56. The van der Waals surface area contributed by atoms with E-state index in [2.05, 4.69) is 5.32 Å². The molecule has 1 aromatic carbocycles. The van der Waals surface area contributed by atoms with Gasteiger partial charge in [0.15, 0.2) is 0 Å². The van der Waals surface area contributed by atoms with Gasteiger partial charge in [-0.15, -0.1) is 0 Å². The highest BCUT2D eigenvalue weighted by atomic mass is 16.5. The molecule has 4 fully saturated rings. The fourth-order valence-electron chi connectivity index (χ4n) is 6.54. The zero-order chi connectivity index (χ0) is 22.9. The number of esters is 2. The molecular formula is C27H35NO5. The summed E-state index contributed by atoms with van der Waals surface area (Å²) in [5.74, 6) is 2.16. The molecule has 178 valence electrons. The van der Waals surface area contributed by atoms with Crippen LogP contribution in [0.15, 0.2) is 24.3 Å². The lowest BCUT2D eigenvalue weighted by Gasteiger charge is -2.18. The molecule has 0 aromatic heterocycles. The van der Waals surface area contributed by atoms with Gasteiger partial charge in [-0.05, 0) is 74.0 Å². The molecule has 33 heavy (non-hydrogen) atoms. The van der Waals surface area contributed by atoms with E-state index in [9.17, 15) is 14.4 Å². The predicted molar refractivity (Wildman–Crippen MR) is 122 cm³/mol. The predicted octanol–water partition coefficient (Wildman–Crippen LogP) is 4.05. The van der Waals surface area contributed by atoms with E-state index in [1.54, 1.807) is 19.1 Å². The molecule has 1 aromatic rings. The maximum absolute atomic E-state index is 12.9. The van der Waals surface area contributed by atoms with Gasteiger partial charge in [-0.3, -0.25) is 9.59 Å². The van der Waals surface area contributed by atoms with E-state index in [0.717, 1.165) is 31.2 Å². The molecule has 6 heteroatoms. The molecule has 1 N–H and O–H groups in total. The van der Waals surface area contributed by atoms with Gasteiger partial charge < -0.3 is 14.8 Å². The van der Waals surface area contributed by atoms with Gasteiger partial charge in [-0.1, -0.05) is 37.8 Å². The second-order valence-electron chi connectivity index (χ2n) is 10.4. The van der Waals surface area contributed by atoms with E-state index < -0.39 is 12.0 Å². The van der Waals surface area contributed by atoms with E-state index in [0.29, 0.717) is 35.8 Å². The van der Waals surface area contributed by atoms with Gasteiger partial charge in [0, 0.05) is 12.3 Å². The van der Waals surface area contributed by atoms with Crippen LogP contribution >= 0.6 is 0 Å². The molecule has 0 heterocycles. The van der Waals surface area contributed by atoms with Crippen molar-refractivity contribution in [2.75, 3.05) is 6.61 Å². The first-order chi connectivity index (χ1) is 16.1. The van der Waals surface area contributed by atoms with Crippen LogP contribution in [-0.2, 0) is 25.5 Å². The van der Waals surface area contributed by atoms with Crippen LogP contribution in [0.25, 0.3) is 0 Å².